The second kappa shape index (κ2) is 9.01. The van der Waals surface area contributed by atoms with Crippen LogP contribution in [0, 0.1) is 0 Å². The Morgan fingerprint density at radius 2 is 2.24 bits per heavy atom. The second-order valence-corrected chi connectivity index (χ2v) is 8.07. The lowest BCUT2D eigenvalue weighted by atomic mass is 10.2. The summed E-state index contributed by atoms with van der Waals surface area (Å²) in [4.78, 5) is 15.0. The maximum Gasteiger partial charge on any atom is 0.279 e. The Balaban J connectivity index is 1.63. The predicted octanol–water partition coefficient (Wildman–Crippen LogP) is 3.26. The van der Waals surface area contributed by atoms with Gasteiger partial charge in [0.1, 0.15) is 19.2 Å². The van der Waals surface area contributed by atoms with E-state index in [-0.39, 0.29) is 12.0 Å². The Labute approximate surface area is 161 Å². The van der Waals surface area contributed by atoms with Crippen LogP contribution in [0.5, 0.6) is 0 Å². The van der Waals surface area contributed by atoms with Gasteiger partial charge in [-0.15, -0.1) is 11.3 Å². The minimum atomic E-state index is -0.0753. The van der Waals surface area contributed by atoms with Crippen LogP contribution in [-0.2, 0) is 16.1 Å². The summed E-state index contributed by atoms with van der Waals surface area (Å²) in [6.45, 7) is 2.82. The van der Waals surface area contributed by atoms with Crippen molar-refractivity contribution in [3.05, 3.63) is 50.6 Å². The molecule has 0 spiro atoms. The van der Waals surface area contributed by atoms with E-state index in [1.807, 2.05) is 6.07 Å². The van der Waals surface area contributed by atoms with E-state index in [4.69, 9.17) is 27.9 Å². The van der Waals surface area contributed by atoms with Gasteiger partial charge < -0.3 is 15.0 Å². The summed E-state index contributed by atoms with van der Waals surface area (Å²) in [5.41, 5.74) is 0.548. The van der Waals surface area contributed by atoms with Crippen LogP contribution in [0.2, 0.25) is 10.0 Å². The summed E-state index contributed by atoms with van der Waals surface area (Å²) >= 11 is 13.8. The van der Waals surface area contributed by atoms with Crippen molar-refractivity contribution in [2.24, 2.45) is 0 Å². The van der Waals surface area contributed by atoms with Crippen molar-refractivity contribution in [3.63, 3.8) is 0 Å². The highest BCUT2D eigenvalue weighted by atomic mass is 35.5. The van der Waals surface area contributed by atoms with Crippen LogP contribution in [0.15, 0.2) is 35.7 Å². The van der Waals surface area contributed by atoms with Gasteiger partial charge in [-0.25, -0.2) is 0 Å². The van der Waals surface area contributed by atoms with E-state index in [1.165, 1.54) is 9.78 Å². The second-order valence-electron chi connectivity index (χ2n) is 6.19. The normalized spacial score (nSPS) is 18.2. The van der Waals surface area contributed by atoms with Crippen LogP contribution in [0.3, 0.4) is 0 Å². The van der Waals surface area contributed by atoms with Gasteiger partial charge in [0.05, 0.1) is 15.6 Å². The molecule has 4 nitrogen and oxygen atoms in total. The van der Waals surface area contributed by atoms with Crippen molar-refractivity contribution < 1.29 is 14.4 Å². The molecule has 1 amide bonds. The van der Waals surface area contributed by atoms with Crippen molar-refractivity contribution in [2.45, 2.75) is 25.5 Å². The van der Waals surface area contributed by atoms with Crippen LogP contribution < -0.4 is 10.2 Å². The highest BCUT2D eigenvalue weighted by Crippen LogP contribution is 2.25. The van der Waals surface area contributed by atoms with Crippen LogP contribution in [0.4, 0.5) is 5.69 Å². The zero-order valence-corrected chi connectivity index (χ0v) is 16.1. The van der Waals surface area contributed by atoms with E-state index in [0.717, 1.165) is 32.5 Å². The number of quaternary nitrogens is 1. The smallest absolute Gasteiger partial charge is 0.279 e. The number of amides is 1. The third kappa shape index (κ3) is 5.69. The quantitative estimate of drug-likeness (QED) is 0.750. The van der Waals surface area contributed by atoms with E-state index in [9.17, 15) is 4.79 Å². The lowest BCUT2D eigenvalue weighted by Crippen LogP contribution is -3.12. The fraction of sp³-hybridized carbons (Fsp3) is 0.389. The van der Waals surface area contributed by atoms with Gasteiger partial charge in [-0.1, -0.05) is 29.3 Å². The van der Waals surface area contributed by atoms with Gasteiger partial charge in [-0.3, -0.25) is 4.79 Å². The minimum absolute atomic E-state index is 0.0753. The van der Waals surface area contributed by atoms with Crippen molar-refractivity contribution in [2.75, 3.05) is 25.0 Å². The molecule has 0 saturated carbocycles. The maximum atomic E-state index is 12.5. The first-order chi connectivity index (χ1) is 12.1. The van der Waals surface area contributed by atoms with E-state index in [1.54, 1.807) is 29.5 Å². The Morgan fingerprint density at radius 3 is 2.96 bits per heavy atom. The van der Waals surface area contributed by atoms with E-state index >= 15 is 0 Å². The first-order valence-electron chi connectivity index (χ1n) is 8.32. The largest absolute Gasteiger partial charge is 0.372 e. The number of nitrogens with one attached hydrogen (secondary N) is 2. The molecule has 0 bridgehead atoms. The monoisotopic (exact) mass is 399 g/mol. The number of anilines is 1. The Bertz CT molecular complexity index is 703. The van der Waals surface area contributed by atoms with Gasteiger partial charge in [-0.05, 0) is 42.5 Å². The van der Waals surface area contributed by atoms with Crippen LogP contribution in [0.1, 0.15) is 17.7 Å². The molecule has 1 fully saturated rings. The van der Waals surface area contributed by atoms with Gasteiger partial charge in [-0.2, -0.15) is 0 Å². The lowest BCUT2D eigenvalue weighted by Gasteiger charge is -2.21. The highest BCUT2D eigenvalue weighted by molar-refractivity contribution is 7.09. The molecule has 2 aromatic rings. The van der Waals surface area contributed by atoms with E-state index < -0.39 is 0 Å². The number of hydrogen-bond donors (Lipinski definition) is 2. The van der Waals surface area contributed by atoms with Crippen molar-refractivity contribution in [1.29, 1.82) is 0 Å². The Kier molecular flexibility index (Phi) is 6.73. The first-order valence-corrected chi connectivity index (χ1v) is 9.96. The molecular formula is C18H21Cl2N2O2S+. The van der Waals surface area contributed by atoms with Gasteiger partial charge in [0, 0.05) is 11.6 Å². The molecule has 1 aliphatic heterocycles. The van der Waals surface area contributed by atoms with Crippen molar-refractivity contribution in [3.8, 4) is 0 Å². The molecule has 134 valence electrons. The van der Waals surface area contributed by atoms with Crippen molar-refractivity contribution in [1.82, 2.24) is 0 Å². The Morgan fingerprint density at radius 1 is 1.36 bits per heavy atom. The SMILES string of the molecule is O=C(C[NH+](Cc1cccs1)C[C@H]1CCCO1)Nc1cc(Cl)ccc1Cl. The van der Waals surface area contributed by atoms with Crippen molar-refractivity contribution >= 4 is 46.1 Å². The third-order valence-electron chi connectivity index (χ3n) is 4.16. The fourth-order valence-electron chi connectivity index (χ4n) is 3.01. The predicted molar refractivity (Wildman–Crippen MR) is 103 cm³/mol. The minimum Gasteiger partial charge on any atom is -0.372 e. The topological polar surface area (TPSA) is 42.8 Å². The molecular weight excluding hydrogens is 379 g/mol. The summed E-state index contributed by atoms with van der Waals surface area (Å²) in [7, 11) is 0. The van der Waals surface area contributed by atoms with Crippen LogP contribution in [-0.4, -0.2) is 31.7 Å². The average molecular weight is 400 g/mol. The summed E-state index contributed by atoms with van der Waals surface area (Å²) < 4.78 is 5.75. The summed E-state index contributed by atoms with van der Waals surface area (Å²) in [5.74, 6) is -0.0753. The number of rotatable bonds is 7. The maximum absolute atomic E-state index is 12.5. The number of hydrogen-bond acceptors (Lipinski definition) is 3. The van der Waals surface area contributed by atoms with Crippen LogP contribution >= 0.6 is 34.5 Å². The number of halogens is 2. The molecule has 7 heteroatoms. The Hall–Kier alpha value is -1.11. The first kappa shape index (κ1) is 18.7. The molecule has 2 heterocycles. The summed E-state index contributed by atoms with van der Waals surface area (Å²) in [6.07, 6.45) is 2.40. The molecule has 25 heavy (non-hydrogen) atoms. The van der Waals surface area contributed by atoms with Gasteiger partial charge in [0.25, 0.3) is 5.91 Å². The molecule has 2 N–H and O–H groups in total. The molecule has 1 aromatic heterocycles. The molecule has 0 radical (unpaired) electrons. The molecule has 1 aliphatic rings. The van der Waals surface area contributed by atoms with E-state index in [0.29, 0.717) is 22.3 Å². The number of carbonyl (C=O) groups excluding carboxylic acids is 1. The molecule has 0 aliphatic carbocycles. The number of benzene rings is 1. The average Bonchev–Trinajstić information content (AvgIpc) is 3.25. The zero-order valence-electron chi connectivity index (χ0n) is 13.8. The molecule has 2 atom stereocenters. The zero-order chi connectivity index (χ0) is 17.6. The molecule has 1 aromatic carbocycles. The number of ether oxygens (including phenoxy) is 1. The van der Waals surface area contributed by atoms with Gasteiger partial charge >= 0.3 is 0 Å². The van der Waals surface area contributed by atoms with Gasteiger partial charge in [0.15, 0.2) is 6.54 Å². The fourth-order valence-corrected chi connectivity index (χ4v) is 4.12. The number of carbonyl (C=O) groups is 1. The van der Waals surface area contributed by atoms with Gasteiger partial charge in [0.2, 0.25) is 0 Å². The van der Waals surface area contributed by atoms with Crippen LogP contribution in [0.25, 0.3) is 0 Å². The molecule has 1 unspecified atom stereocenters. The standard InChI is InChI=1S/C18H20Cl2N2O2S/c19-13-5-6-16(20)17(9-13)21-18(23)12-22(10-14-3-1-7-24-14)11-15-4-2-8-25-15/h2,4-6,8-9,14H,1,3,7,10-12H2,(H,21,23)/p+1/t14-/m1/s1. The summed E-state index contributed by atoms with van der Waals surface area (Å²) in [6, 6.07) is 9.19. The number of thiophene rings is 1. The van der Waals surface area contributed by atoms with E-state index in [2.05, 4.69) is 16.8 Å². The molecule has 1 saturated heterocycles. The highest BCUT2D eigenvalue weighted by Gasteiger charge is 2.24. The third-order valence-corrected chi connectivity index (χ3v) is 5.60. The molecule has 3 rings (SSSR count). The summed E-state index contributed by atoms with van der Waals surface area (Å²) in [5, 5.41) is 5.96. The lowest BCUT2D eigenvalue weighted by molar-refractivity contribution is -0.908.